The Bertz CT molecular complexity index is 759. The van der Waals surface area contributed by atoms with E-state index in [-0.39, 0.29) is 5.91 Å². The molecule has 0 aliphatic rings. The molecule has 0 saturated carbocycles. The number of carbonyl (C=O) groups is 1. The maximum Gasteiger partial charge on any atom is 0.257 e. The third kappa shape index (κ3) is 4.57. The number of hydrogen-bond donors (Lipinski definition) is 1. The second kappa shape index (κ2) is 8.12. The Morgan fingerprint density at radius 2 is 1.62 bits per heavy atom. The molecule has 1 aromatic heterocycles. The van der Waals surface area contributed by atoms with E-state index in [4.69, 9.17) is 9.47 Å². The van der Waals surface area contributed by atoms with Crippen LogP contribution in [0.4, 0.5) is 5.13 Å². The van der Waals surface area contributed by atoms with Crippen molar-refractivity contribution >= 4 is 22.4 Å². The van der Waals surface area contributed by atoms with E-state index in [0.29, 0.717) is 29.7 Å². The predicted octanol–water partition coefficient (Wildman–Crippen LogP) is 3.85. The van der Waals surface area contributed by atoms with Gasteiger partial charge in [0, 0.05) is 17.1 Å². The van der Waals surface area contributed by atoms with Gasteiger partial charge >= 0.3 is 0 Å². The Morgan fingerprint density at radius 1 is 0.958 bits per heavy atom. The second-order valence-corrected chi connectivity index (χ2v) is 5.72. The highest BCUT2D eigenvalue weighted by molar-refractivity contribution is 7.13. The molecule has 0 bridgehead atoms. The first kappa shape index (κ1) is 16.0. The van der Waals surface area contributed by atoms with Gasteiger partial charge in [0.1, 0.15) is 24.7 Å². The highest BCUT2D eigenvalue weighted by atomic mass is 32.1. The number of rotatable bonds is 7. The second-order valence-electron chi connectivity index (χ2n) is 4.83. The Kier molecular flexibility index (Phi) is 5.42. The van der Waals surface area contributed by atoms with E-state index in [2.05, 4.69) is 10.3 Å². The third-order valence-electron chi connectivity index (χ3n) is 3.13. The molecule has 0 radical (unpaired) electrons. The molecule has 3 rings (SSSR count). The number of benzene rings is 2. The highest BCUT2D eigenvalue weighted by Crippen LogP contribution is 2.16. The van der Waals surface area contributed by atoms with Crippen molar-refractivity contribution in [3.05, 3.63) is 71.7 Å². The molecule has 0 spiro atoms. The Hall–Kier alpha value is -2.86. The SMILES string of the molecule is O=C(Nc1nccs1)c1ccc(OCCOc2ccccc2)cc1. The van der Waals surface area contributed by atoms with Gasteiger partial charge in [-0.25, -0.2) is 4.98 Å². The van der Waals surface area contributed by atoms with Crippen molar-refractivity contribution in [1.29, 1.82) is 0 Å². The predicted molar refractivity (Wildman–Crippen MR) is 93.9 cm³/mol. The summed E-state index contributed by atoms with van der Waals surface area (Å²) in [6.07, 6.45) is 1.65. The summed E-state index contributed by atoms with van der Waals surface area (Å²) in [6, 6.07) is 16.5. The molecule has 6 heteroatoms. The maximum absolute atomic E-state index is 12.0. The van der Waals surface area contributed by atoms with Gasteiger partial charge in [-0.2, -0.15) is 0 Å². The molecule has 0 aliphatic carbocycles. The van der Waals surface area contributed by atoms with Gasteiger partial charge < -0.3 is 9.47 Å². The molecule has 1 heterocycles. The van der Waals surface area contributed by atoms with Gasteiger partial charge in [0.25, 0.3) is 5.91 Å². The van der Waals surface area contributed by atoms with Crippen LogP contribution in [0.3, 0.4) is 0 Å². The lowest BCUT2D eigenvalue weighted by Gasteiger charge is -2.09. The first-order valence-corrected chi connectivity index (χ1v) is 8.31. The topological polar surface area (TPSA) is 60.5 Å². The third-order valence-corrected chi connectivity index (χ3v) is 3.82. The van der Waals surface area contributed by atoms with E-state index in [0.717, 1.165) is 5.75 Å². The molecule has 24 heavy (non-hydrogen) atoms. The summed E-state index contributed by atoms with van der Waals surface area (Å²) in [7, 11) is 0. The van der Waals surface area contributed by atoms with Crippen molar-refractivity contribution in [3.63, 3.8) is 0 Å². The zero-order valence-corrected chi connectivity index (χ0v) is 13.7. The van der Waals surface area contributed by atoms with Crippen LogP contribution in [-0.2, 0) is 0 Å². The number of nitrogens with one attached hydrogen (secondary N) is 1. The standard InChI is InChI=1S/C18H16N2O3S/c21-17(20-18-19-10-13-24-18)14-6-8-16(9-7-14)23-12-11-22-15-4-2-1-3-5-15/h1-10,13H,11-12H2,(H,19,20,21). The van der Waals surface area contributed by atoms with E-state index in [1.807, 2.05) is 35.7 Å². The van der Waals surface area contributed by atoms with Gasteiger partial charge in [0.15, 0.2) is 5.13 Å². The number of ether oxygens (including phenoxy) is 2. The largest absolute Gasteiger partial charge is 0.490 e. The highest BCUT2D eigenvalue weighted by Gasteiger charge is 2.07. The summed E-state index contributed by atoms with van der Waals surface area (Å²) in [6.45, 7) is 0.885. The van der Waals surface area contributed by atoms with Crippen LogP contribution in [0.15, 0.2) is 66.2 Å². The minimum atomic E-state index is -0.191. The normalized spacial score (nSPS) is 10.2. The molecule has 0 unspecified atom stereocenters. The van der Waals surface area contributed by atoms with Crippen LogP contribution in [0.5, 0.6) is 11.5 Å². The fraction of sp³-hybridized carbons (Fsp3) is 0.111. The number of carbonyl (C=O) groups excluding carboxylic acids is 1. The van der Waals surface area contributed by atoms with Gasteiger partial charge in [-0.15, -0.1) is 11.3 Å². The van der Waals surface area contributed by atoms with Crippen molar-refractivity contribution in [2.24, 2.45) is 0 Å². The van der Waals surface area contributed by atoms with Gasteiger partial charge in [0.2, 0.25) is 0 Å². The van der Waals surface area contributed by atoms with Crippen molar-refractivity contribution in [3.8, 4) is 11.5 Å². The van der Waals surface area contributed by atoms with E-state index in [1.165, 1.54) is 11.3 Å². The van der Waals surface area contributed by atoms with Crippen molar-refractivity contribution in [1.82, 2.24) is 4.98 Å². The van der Waals surface area contributed by atoms with Crippen LogP contribution in [-0.4, -0.2) is 24.1 Å². The molecule has 5 nitrogen and oxygen atoms in total. The number of hydrogen-bond acceptors (Lipinski definition) is 5. The number of para-hydroxylation sites is 1. The number of thiazole rings is 1. The summed E-state index contributed by atoms with van der Waals surface area (Å²) in [5.74, 6) is 1.32. The van der Waals surface area contributed by atoms with Crippen LogP contribution in [0.1, 0.15) is 10.4 Å². The lowest BCUT2D eigenvalue weighted by atomic mass is 10.2. The molecule has 0 aliphatic heterocycles. The lowest BCUT2D eigenvalue weighted by Crippen LogP contribution is -2.12. The molecule has 1 amide bonds. The first-order chi connectivity index (χ1) is 11.8. The van der Waals surface area contributed by atoms with Crippen LogP contribution >= 0.6 is 11.3 Å². The minimum Gasteiger partial charge on any atom is -0.490 e. The molecule has 0 saturated heterocycles. The summed E-state index contributed by atoms with van der Waals surface area (Å²) in [5.41, 5.74) is 0.554. The fourth-order valence-corrected chi connectivity index (χ4v) is 2.52. The average molecular weight is 340 g/mol. The number of amides is 1. The molecule has 3 aromatic rings. The zero-order valence-electron chi connectivity index (χ0n) is 12.8. The van der Waals surface area contributed by atoms with Crippen molar-refractivity contribution < 1.29 is 14.3 Å². The van der Waals surface area contributed by atoms with Gasteiger partial charge in [-0.1, -0.05) is 18.2 Å². The average Bonchev–Trinajstić information content (AvgIpc) is 3.13. The molecular weight excluding hydrogens is 324 g/mol. The quantitative estimate of drug-likeness (QED) is 0.664. The van der Waals surface area contributed by atoms with Crippen LogP contribution in [0, 0.1) is 0 Å². The fourth-order valence-electron chi connectivity index (χ4n) is 1.99. The smallest absolute Gasteiger partial charge is 0.257 e. The summed E-state index contributed by atoms with van der Waals surface area (Å²) < 4.78 is 11.2. The Balaban J connectivity index is 1.45. The van der Waals surface area contributed by atoms with Crippen molar-refractivity contribution in [2.45, 2.75) is 0 Å². The van der Waals surface area contributed by atoms with E-state index in [9.17, 15) is 4.79 Å². The van der Waals surface area contributed by atoms with Crippen LogP contribution in [0.25, 0.3) is 0 Å². The first-order valence-electron chi connectivity index (χ1n) is 7.43. The monoisotopic (exact) mass is 340 g/mol. The number of aromatic nitrogens is 1. The van der Waals surface area contributed by atoms with Gasteiger partial charge in [-0.3, -0.25) is 10.1 Å². The van der Waals surface area contributed by atoms with Gasteiger partial charge in [-0.05, 0) is 36.4 Å². The number of nitrogens with zero attached hydrogens (tertiary/aromatic N) is 1. The number of anilines is 1. The Morgan fingerprint density at radius 3 is 2.25 bits per heavy atom. The van der Waals surface area contributed by atoms with Crippen molar-refractivity contribution in [2.75, 3.05) is 18.5 Å². The van der Waals surface area contributed by atoms with E-state index in [1.54, 1.807) is 30.5 Å². The lowest BCUT2D eigenvalue weighted by molar-refractivity contribution is 0.102. The minimum absolute atomic E-state index is 0.191. The van der Waals surface area contributed by atoms with Gasteiger partial charge in [0.05, 0.1) is 0 Å². The molecule has 122 valence electrons. The molecule has 0 atom stereocenters. The molecular formula is C18H16N2O3S. The Labute approximate surface area is 143 Å². The summed E-state index contributed by atoms with van der Waals surface area (Å²) in [5, 5.41) is 5.13. The summed E-state index contributed by atoms with van der Waals surface area (Å²) >= 11 is 1.38. The molecule has 0 fully saturated rings. The van der Waals surface area contributed by atoms with Crippen LogP contribution < -0.4 is 14.8 Å². The van der Waals surface area contributed by atoms with E-state index >= 15 is 0 Å². The maximum atomic E-state index is 12.0. The summed E-state index contributed by atoms with van der Waals surface area (Å²) in [4.78, 5) is 16.1. The molecule has 1 N–H and O–H groups in total. The van der Waals surface area contributed by atoms with Crippen LogP contribution in [0.2, 0.25) is 0 Å². The molecule has 2 aromatic carbocycles. The zero-order chi connectivity index (χ0) is 16.6. The van der Waals surface area contributed by atoms with E-state index < -0.39 is 0 Å².